The highest BCUT2D eigenvalue weighted by molar-refractivity contribution is 6.16. The summed E-state index contributed by atoms with van der Waals surface area (Å²) in [6.07, 6.45) is 3.07. The number of fused-ring (bicyclic) bond motifs is 1. The molecule has 4 heterocycles. The highest BCUT2D eigenvalue weighted by atomic mass is 16.7. The normalized spacial score (nSPS) is 21.3. The molecular formula is C35H33N5O7. The van der Waals surface area contributed by atoms with Gasteiger partial charge < -0.3 is 29.5 Å². The minimum atomic E-state index is -0.768. The number of nitrogens with one attached hydrogen (secondary N) is 1. The Hall–Kier alpha value is -5.01. The molecule has 3 atom stereocenters. The van der Waals surface area contributed by atoms with Crippen LogP contribution in [0.4, 0.5) is 11.6 Å². The van der Waals surface area contributed by atoms with Crippen LogP contribution in [0.15, 0.2) is 85.2 Å². The van der Waals surface area contributed by atoms with Crippen LogP contribution >= 0.6 is 0 Å². The molecule has 47 heavy (non-hydrogen) atoms. The van der Waals surface area contributed by atoms with Crippen LogP contribution in [0, 0.1) is 0 Å². The van der Waals surface area contributed by atoms with E-state index in [1.54, 1.807) is 24.5 Å². The van der Waals surface area contributed by atoms with Crippen LogP contribution in [-0.4, -0.2) is 76.6 Å². The van der Waals surface area contributed by atoms with Crippen molar-refractivity contribution in [1.29, 1.82) is 0 Å². The lowest BCUT2D eigenvalue weighted by Crippen LogP contribution is -2.50. The van der Waals surface area contributed by atoms with Crippen molar-refractivity contribution in [2.75, 3.05) is 42.9 Å². The number of aliphatic hydroxyl groups excluding tert-OH is 1. The van der Waals surface area contributed by atoms with E-state index in [-0.39, 0.29) is 35.5 Å². The first kappa shape index (κ1) is 30.6. The number of amides is 1. The fourth-order valence-electron chi connectivity index (χ4n) is 6.10. The molecule has 0 spiro atoms. The zero-order valence-electron chi connectivity index (χ0n) is 25.5. The van der Waals surface area contributed by atoms with Crippen molar-refractivity contribution in [3.63, 3.8) is 0 Å². The van der Waals surface area contributed by atoms with Crippen LogP contribution in [-0.2, 0) is 20.8 Å². The first-order valence-corrected chi connectivity index (χ1v) is 15.5. The molecule has 0 bridgehead atoms. The fourth-order valence-corrected chi connectivity index (χ4v) is 6.10. The predicted molar refractivity (Wildman–Crippen MR) is 170 cm³/mol. The van der Waals surface area contributed by atoms with E-state index in [2.05, 4.69) is 29.8 Å². The molecular weight excluding hydrogens is 602 g/mol. The summed E-state index contributed by atoms with van der Waals surface area (Å²) >= 11 is 0. The lowest BCUT2D eigenvalue weighted by atomic mass is 9.99. The average Bonchev–Trinajstić information content (AvgIpc) is 3.40. The van der Waals surface area contributed by atoms with Gasteiger partial charge in [0.15, 0.2) is 6.29 Å². The monoisotopic (exact) mass is 635 g/mol. The van der Waals surface area contributed by atoms with Gasteiger partial charge in [-0.3, -0.25) is 9.69 Å². The van der Waals surface area contributed by atoms with Gasteiger partial charge >= 0.3 is 11.9 Å². The van der Waals surface area contributed by atoms with Crippen LogP contribution in [0.1, 0.15) is 66.6 Å². The maximum absolute atomic E-state index is 13.1. The second kappa shape index (κ2) is 13.4. The van der Waals surface area contributed by atoms with Gasteiger partial charge in [0.25, 0.3) is 5.91 Å². The van der Waals surface area contributed by atoms with E-state index in [1.807, 2.05) is 42.5 Å². The highest BCUT2D eigenvalue weighted by Crippen LogP contribution is 2.39. The number of benzene rings is 3. The third-order valence-electron chi connectivity index (χ3n) is 8.61. The van der Waals surface area contributed by atoms with Gasteiger partial charge in [0.1, 0.15) is 0 Å². The summed E-state index contributed by atoms with van der Waals surface area (Å²) in [4.78, 5) is 50.2. The Morgan fingerprint density at radius 1 is 0.851 bits per heavy atom. The van der Waals surface area contributed by atoms with E-state index in [9.17, 15) is 19.5 Å². The Morgan fingerprint density at radius 2 is 1.62 bits per heavy atom. The van der Waals surface area contributed by atoms with Crippen molar-refractivity contribution in [2.45, 2.75) is 31.5 Å². The molecule has 2 fully saturated rings. The molecule has 2 saturated heterocycles. The van der Waals surface area contributed by atoms with Gasteiger partial charge in [0.2, 0.25) is 5.95 Å². The summed E-state index contributed by atoms with van der Waals surface area (Å²) in [6.45, 7) is 3.99. The molecule has 0 aliphatic carbocycles. The summed E-state index contributed by atoms with van der Waals surface area (Å²) in [5.74, 6) is -1.19. The third kappa shape index (κ3) is 6.76. The number of piperazine rings is 1. The lowest BCUT2D eigenvalue weighted by Gasteiger charge is -2.40. The van der Waals surface area contributed by atoms with Crippen molar-refractivity contribution in [3.8, 4) is 0 Å². The van der Waals surface area contributed by atoms with Crippen molar-refractivity contribution in [1.82, 2.24) is 14.9 Å². The minimum Gasteiger partial charge on any atom is -0.392 e. The van der Waals surface area contributed by atoms with E-state index in [0.29, 0.717) is 18.7 Å². The molecule has 3 aromatic carbocycles. The summed E-state index contributed by atoms with van der Waals surface area (Å²) < 4.78 is 17.7. The fraction of sp³-hybridized carbons (Fsp3) is 0.286. The Kier molecular flexibility index (Phi) is 8.72. The minimum absolute atomic E-state index is 0.0354. The smallest absolute Gasteiger partial charge is 0.346 e. The maximum atomic E-state index is 13.1. The first-order valence-electron chi connectivity index (χ1n) is 15.5. The molecule has 2 N–H and O–H groups in total. The number of anilines is 2. The molecule has 12 nitrogen and oxygen atoms in total. The number of nitrogens with zero attached hydrogens (tertiary/aromatic N) is 4. The molecule has 3 aliphatic rings. The van der Waals surface area contributed by atoms with Gasteiger partial charge in [-0.1, -0.05) is 36.4 Å². The largest absolute Gasteiger partial charge is 0.392 e. The molecule has 7 rings (SSSR count). The number of aliphatic hydroxyl groups is 1. The van der Waals surface area contributed by atoms with Gasteiger partial charge in [0.05, 0.1) is 29.9 Å². The van der Waals surface area contributed by atoms with Crippen molar-refractivity contribution >= 4 is 29.5 Å². The topological polar surface area (TPSA) is 143 Å². The van der Waals surface area contributed by atoms with Gasteiger partial charge in [-0.25, -0.2) is 19.6 Å². The Morgan fingerprint density at radius 3 is 2.38 bits per heavy atom. The summed E-state index contributed by atoms with van der Waals surface area (Å²) in [6, 6.07) is 21.1. The SMILES string of the molecule is O=C(Nc1cccc(C2O[C@H](CN3CCN(c4ncccn4)CC3)C[C@H](c3ccc(CO)cc3)O2)c1)c1ccc2c(c1)C(=O)OC2=O. The van der Waals surface area contributed by atoms with E-state index in [4.69, 9.17) is 9.47 Å². The lowest BCUT2D eigenvalue weighted by molar-refractivity contribution is -0.253. The molecule has 0 radical (unpaired) electrons. The molecule has 1 amide bonds. The van der Waals surface area contributed by atoms with Gasteiger partial charge in [-0.2, -0.15) is 0 Å². The highest BCUT2D eigenvalue weighted by Gasteiger charge is 2.34. The number of rotatable bonds is 8. The van der Waals surface area contributed by atoms with E-state index >= 15 is 0 Å². The zero-order valence-corrected chi connectivity index (χ0v) is 25.5. The van der Waals surface area contributed by atoms with E-state index in [0.717, 1.165) is 48.8 Å². The zero-order chi connectivity index (χ0) is 32.3. The van der Waals surface area contributed by atoms with E-state index < -0.39 is 24.1 Å². The molecule has 4 aromatic rings. The number of ether oxygens (including phenoxy) is 3. The van der Waals surface area contributed by atoms with Crippen LogP contribution in [0.25, 0.3) is 0 Å². The van der Waals surface area contributed by atoms with Crippen molar-refractivity contribution < 1.29 is 33.7 Å². The van der Waals surface area contributed by atoms with Gasteiger partial charge in [-0.05, 0) is 47.5 Å². The standard InChI is InChI=1S/C35H33N5O7/c41-21-22-5-7-23(8-6-22)30-19-27(20-39-13-15-40(16-14-39)35-36-11-2-12-37-35)45-34(46-30)25-3-1-4-26(17-25)38-31(42)24-9-10-28-29(18-24)33(44)47-32(28)43/h1-12,17-18,27,30,34,41H,13-16,19-21H2,(H,38,42)/t27-,30+,34?/m0/s1. The summed E-state index contributed by atoms with van der Waals surface area (Å²) in [5.41, 5.74) is 3.50. The number of aromatic nitrogens is 2. The number of esters is 2. The molecule has 240 valence electrons. The molecule has 3 aliphatic heterocycles. The number of hydrogen-bond acceptors (Lipinski definition) is 11. The van der Waals surface area contributed by atoms with Gasteiger partial charge in [0, 0.05) is 68.4 Å². The van der Waals surface area contributed by atoms with Gasteiger partial charge in [-0.15, -0.1) is 0 Å². The molecule has 1 aromatic heterocycles. The van der Waals surface area contributed by atoms with E-state index in [1.165, 1.54) is 18.2 Å². The maximum Gasteiger partial charge on any atom is 0.346 e. The summed E-state index contributed by atoms with van der Waals surface area (Å²) in [5, 5.41) is 12.4. The Labute approximate surface area is 270 Å². The average molecular weight is 636 g/mol. The number of hydrogen-bond donors (Lipinski definition) is 2. The molecule has 12 heteroatoms. The van der Waals surface area contributed by atoms with Crippen LogP contribution in [0.2, 0.25) is 0 Å². The predicted octanol–water partition coefficient (Wildman–Crippen LogP) is 3.90. The number of carbonyl (C=O) groups excluding carboxylic acids is 3. The number of carbonyl (C=O) groups is 3. The Bertz CT molecular complexity index is 1780. The second-order valence-electron chi connectivity index (χ2n) is 11.7. The summed E-state index contributed by atoms with van der Waals surface area (Å²) in [7, 11) is 0. The first-order chi connectivity index (χ1) is 22.9. The molecule has 0 saturated carbocycles. The van der Waals surface area contributed by atoms with Crippen molar-refractivity contribution in [3.05, 3.63) is 119 Å². The molecule has 1 unspecified atom stereocenters. The van der Waals surface area contributed by atoms with Crippen LogP contribution in [0.5, 0.6) is 0 Å². The van der Waals surface area contributed by atoms with Crippen LogP contribution < -0.4 is 10.2 Å². The number of cyclic esters (lactones) is 2. The quantitative estimate of drug-likeness (QED) is 0.215. The van der Waals surface area contributed by atoms with Crippen molar-refractivity contribution in [2.24, 2.45) is 0 Å². The third-order valence-corrected chi connectivity index (χ3v) is 8.61. The second-order valence-corrected chi connectivity index (χ2v) is 11.7. The Balaban J connectivity index is 1.07. The van der Waals surface area contributed by atoms with Crippen LogP contribution in [0.3, 0.4) is 0 Å².